The molecule has 0 bridgehead atoms. The molecule has 1 aliphatic rings. The Bertz CT molecular complexity index is 395. The van der Waals surface area contributed by atoms with Gasteiger partial charge in [-0.05, 0) is 72.5 Å². The summed E-state index contributed by atoms with van der Waals surface area (Å²) in [4.78, 5) is 2.42. The predicted molar refractivity (Wildman–Crippen MR) is 76.0 cm³/mol. The first-order valence-electron chi connectivity index (χ1n) is 6.50. The molecular weight excluding hydrogens is 295 g/mol. The van der Waals surface area contributed by atoms with E-state index in [-0.39, 0.29) is 5.82 Å². The van der Waals surface area contributed by atoms with E-state index in [0.717, 1.165) is 37.7 Å². The van der Waals surface area contributed by atoms with Gasteiger partial charge in [0.2, 0.25) is 0 Å². The molecule has 1 heterocycles. The summed E-state index contributed by atoms with van der Waals surface area (Å²) in [6.07, 6.45) is 2.54. The second-order valence-corrected chi connectivity index (χ2v) is 5.90. The molecule has 2 rings (SSSR count). The average molecular weight is 315 g/mol. The third-order valence-electron chi connectivity index (χ3n) is 3.49. The minimum Gasteiger partial charge on any atom is -0.319 e. The first-order valence-corrected chi connectivity index (χ1v) is 7.29. The molecule has 0 aliphatic carbocycles. The van der Waals surface area contributed by atoms with Crippen molar-refractivity contribution in [2.24, 2.45) is 5.92 Å². The Morgan fingerprint density at radius 1 is 1.50 bits per heavy atom. The number of halogens is 2. The van der Waals surface area contributed by atoms with Gasteiger partial charge in [-0.15, -0.1) is 0 Å². The second kappa shape index (κ2) is 6.64. The summed E-state index contributed by atoms with van der Waals surface area (Å²) in [5.74, 6) is 0.556. The van der Waals surface area contributed by atoms with Crippen molar-refractivity contribution in [3.63, 3.8) is 0 Å². The zero-order valence-electron chi connectivity index (χ0n) is 10.8. The van der Waals surface area contributed by atoms with Crippen LogP contribution in [-0.4, -0.2) is 31.6 Å². The first kappa shape index (κ1) is 14.0. The van der Waals surface area contributed by atoms with E-state index in [1.807, 2.05) is 13.1 Å². The number of hydrogen-bond acceptors (Lipinski definition) is 2. The largest absolute Gasteiger partial charge is 0.319 e. The highest BCUT2D eigenvalue weighted by Crippen LogP contribution is 2.20. The Morgan fingerprint density at radius 2 is 2.33 bits per heavy atom. The van der Waals surface area contributed by atoms with Gasteiger partial charge in [0.25, 0.3) is 0 Å². The molecule has 0 amide bonds. The fourth-order valence-corrected chi connectivity index (χ4v) is 2.89. The lowest BCUT2D eigenvalue weighted by atomic mass is 9.97. The monoisotopic (exact) mass is 314 g/mol. The summed E-state index contributed by atoms with van der Waals surface area (Å²) in [6, 6.07) is 5.42. The number of benzene rings is 1. The highest BCUT2D eigenvalue weighted by atomic mass is 79.9. The summed E-state index contributed by atoms with van der Waals surface area (Å²) in [6.45, 7) is 4.16. The van der Waals surface area contributed by atoms with Crippen molar-refractivity contribution < 1.29 is 4.39 Å². The van der Waals surface area contributed by atoms with Crippen LogP contribution in [-0.2, 0) is 6.54 Å². The van der Waals surface area contributed by atoms with Crippen LogP contribution in [0.3, 0.4) is 0 Å². The molecule has 1 saturated heterocycles. The summed E-state index contributed by atoms with van der Waals surface area (Å²) in [5.41, 5.74) is 1.06. The first-order chi connectivity index (χ1) is 8.69. The van der Waals surface area contributed by atoms with Crippen molar-refractivity contribution in [2.75, 3.05) is 26.7 Å². The molecule has 1 unspecified atom stereocenters. The molecular formula is C14H20BrFN2. The third kappa shape index (κ3) is 3.77. The Balaban J connectivity index is 1.93. The van der Waals surface area contributed by atoms with Crippen molar-refractivity contribution in [3.05, 3.63) is 34.1 Å². The van der Waals surface area contributed by atoms with Gasteiger partial charge in [0, 0.05) is 13.1 Å². The van der Waals surface area contributed by atoms with E-state index >= 15 is 0 Å². The van der Waals surface area contributed by atoms with E-state index in [1.54, 1.807) is 12.1 Å². The summed E-state index contributed by atoms with van der Waals surface area (Å²) < 4.78 is 14.0. The molecule has 1 aromatic rings. The van der Waals surface area contributed by atoms with Gasteiger partial charge in [-0.3, -0.25) is 4.90 Å². The molecule has 0 saturated carbocycles. The van der Waals surface area contributed by atoms with Gasteiger partial charge in [-0.25, -0.2) is 4.39 Å². The van der Waals surface area contributed by atoms with Crippen molar-refractivity contribution in [1.29, 1.82) is 0 Å². The Hall–Kier alpha value is -0.450. The normalized spacial score (nSPS) is 21.2. The molecule has 18 heavy (non-hydrogen) atoms. The van der Waals surface area contributed by atoms with Crippen LogP contribution in [0.4, 0.5) is 4.39 Å². The molecule has 1 N–H and O–H groups in total. The van der Waals surface area contributed by atoms with E-state index in [9.17, 15) is 4.39 Å². The molecule has 2 nitrogen and oxygen atoms in total. The van der Waals surface area contributed by atoms with Gasteiger partial charge in [-0.1, -0.05) is 6.07 Å². The molecule has 1 aromatic carbocycles. The van der Waals surface area contributed by atoms with Crippen LogP contribution in [0.2, 0.25) is 0 Å². The Labute approximate surface area is 117 Å². The number of nitrogens with one attached hydrogen (secondary N) is 1. The molecule has 0 aromatic heterocycles. The number of nitrogens with zero attached hydrogens (tertiary/aromatic N) is 1. The number of piperidine rings is 1. The molecule has 0 spiro atoms. The van der Waals surface area contributed by atoms with E-state index in [2.05, 4.69) is 26.1 Å². The van der Waals surface area contributed by atoms with Crippen molar-refractivity contribution in [2.45, 2.75) is 19.4 Å². The van der Waals surface area contributed by atoms with Gasteiger partial charge >= 0.3 is 0 Å². The van der Waals surface area contributed by atoms with Crippen LogP contribution in [0.25, 0.3) is 0 Å². The SMILES string of the molecule is CNCC1CCCN(Cc2ccc(Br)c(F)c2)C1. The van der Waals surface area contributed by atoms with E-state index < -0.39 is 0 Å². The lowest BCUT2D eigenvalue weighted by molar-refractivity contribution is 0.166. The van der Waals surface area contributed by atoms with Gasteiger partial charge in [0.15, 0.2) is 0 Å². The standard InChI is InChI=1S/C14H20BrFN2/c1-17-8-12-3-2-6-18(10-12)9-11-4-5-13(15)14(16)7-11/h4-5,7,12,17H,2-3,6,8-10H2,1H3. The van der Waals surface area contributed by atoms with Gasteiger partial charge in [0.1, 0.15) is 5.82 Å². The Morgan fingerprint density at radius 3 is 3.06 bits per heavy atom. The highest BCUT2D eigenvalue weighted by molar-refractivity contribution is 9.10. The van der Waals surface area contributed by atoms with Gasteiger partial charge in [0.05, 0.1) is 4.47 Å². The van der Waals surface area contributed by atoms with Crippen LogP contribution < -0.4 is 5.32 Å². The van der Waals surface area contributed by atoms with E-state index in [4.69, 9.17) is 0 Å². The lowest BCUT2D eigenvalue weighted by Gasteiger charge is -2.32. The van der Waals surface area contributed by atoms with Crippen LogP contribution in [0.15, 0.2) is 22.7 Å². The molecule has 100 valence electrons. The molecule has 4 heteroatoms. The molecule has 1 aliphatic heterocycles. The van der Waals surface area contributed by atoms with Gasteiger partial charge < -0.3 is 5.32 Å². The summed E-state index contributed by atoms with van der Waals surface area (Å²) in [5, 5.41) is 3.25. The van der Waals surface area contributed by atoms with Gasteiger partial charge in [-0.2, -0.15) is 0 Å². The zero-order valence-corrected chi connectivity index (χ0v) is 12.3. The lowest BCUT2D eigenvalue weighted by Crippen LogP contribution is -2.38. The maximum absolute atomic E-state index is 13.5. The topological polar surface area (TPSA) is 15.3 Å². The summed E-state index contributed by atoms with van der Waals surface area (Å²) >= 11 is 3.19. The quantitative estimate of drug-likeness (QED) is 0.919. The average Bonchev–Trinajstić information content (AvgIpc) is 2.35. The highest BCUT2D eigenvalue weighted by Gasteiger charge is 2.19. The predicted octanol–water partition coefficient (Wildman–Crippen LogP) is 3.02. The maximum atomic E-state index is 13.5. The van der Waals surface area contributed by atoms with Crippen molar-refractivity contribution in [1.82, 2.24) is 10.2 Å². The third-order valence-corrected chi connectivity index (χ3v) is 4.13. The second-order valence-electron chi connectivity index (χ2n) is 5.05. The van der Waals surface area contributed by atoms with E-state index in [1.165, 1.54) is 12.8 Å². The van der Waals surface area contributed by atoms with Crippen molar-refractivity contribution >= 4 is 15.9 Å². The maximum Gasteiger partial charge on any atom is 0.137 e. The fourth-order valence-electron chi connectivity index (χ4n) is 2.65. The fraction of sp³-hybridized carbons (Fsp3) is 0.571. The number of rotatable bonds is 4. The number of likely N-dealkylation sites (tertiary alicyclic amines) is 1. The minimum absolute atomic E-state index is 0.170. The van der Waals surface area contributed by atoms with Crippen LogP contribution in [0.1, 0.15) is 18.4 Å². The Kier molecular flexibility index (Phi) is 5.15. The molecule has 1 atom stereocenters. The van der Waals surface area contributed by atoms with Crippen molar-refractivity contribution in [3.8, 4) is 0 Å². The molecule has 0 radical (unpaired) electrons. The van der Waals surface area contributed by atoms with Crippen LogP contribution in [0, 0.1) is 11.7 Å². The van der Waals surface area contributed by atoms with Crippen LogP contribution in [0.5, 0.6) is 0 Å². The minimum atomic E-state index is -0.170. The zero-order chi connectivity index (χ0) is 13.0. The smallest absolute Gasteiger partial charge is 0.137 e. The number of hydrogen-bond donors (Lipinski definition) is 1. The van der Waals surface area contributed by atoms with E-state index in [0.29, 0.717) is 4.47 Å². The molecule has 1 fully saturated rings. The van der Waals surface area contributed by atoms with Crippen LogP contribution >= 0.6 is 15.9 Å². The summed E-state index contributed by atoms with van der Waals surface area (Å²) in [7, 11) is 2.00.